The lowest BCUT2D eigenvalue weighted by Crippen LogP contribution is -2.49. The number of hydrogen-bond donors (Lipinski definition) is 2. The molecular formula is C20H25N3O3. The number of methoxy groups -OCH3 is 1. The number of rotatable bonds is 3. The first kappa shape index (κ1) is 17.1. The molecule has 2 heterocycles. The molecule has 6 heteroatoms. The van der Waals surface area contributed by atoms with E-state index in [1.54, 1.807) is 14.0 Å². The molecule has 0 bridgehead atoms. The van der Waals surface area contributed by atoms with Crippen LogP contribution in [0.1, 0.15) is 30.3 Å². The number of aromatic amines is 1. The molecule has 4 atom stereocenters. The SMILES string of the molecule is CO[C@@H]1C[C@H]2CN(C(=O)c3cc4ccccc4[nH]3)C[C@H]2C[C@H]1NC(C)=O. The third kappa shape index (κ3) is 3.09. The molecule has 2 fully saturated rings. The molecule has 2 N–H and O–H groups in total. The minimum Gasteiger partial charge on any atom is -0.379 e. The highest BCUT2D eigenvalue weighted by Gasteiger charge is 2.44. The fourth-order valence-electron chi connectivity index (χ4n) is 4.61. The number of H-pyrrole nitrogens is 1. The molecule has 0 radical (unpaired) electrons. The lowest BCUT2D eigenvalue weighted by atomic mass is 9.77. The minimum atomic E-state index is -0.0282. The molecule has 1 aromatic carbocycles. The Labute approximate surface area is 152 Å². The number of benzene rings is 1. The van der Waals surface area contributed by atoms with Crippen LogP contribution in [0.4, 0.5) is 0 Å². The normalized spacial score (nSPS) is 28.2. The second-order valence-corrected chi connectivity index (χ2v) is 7.55. The molecule has 4 rings (SSSR count). The largest absolute Gasteiger partial charge is 0.379 e. The van der Waals surface area contributed by atoms with E-state index in [9.17, 15) is 9.59 Å². The molecule has 2 aromatic rings. The van der Waals surface area contributed by atoms with E-state index in [-0.39, 0.29) is 24.0 Å². The number of carbonyl (C=O) groups excluding carboxylic acids is 2. The first-order valence-electron chi connectivity index (χ1n) is 9.22. The van der Waals surface area contributed by atoms with Crippen molar-refractivity contribution in [2.75, 3.05) is 20.2 Å². The van der Waals surface area contributed by atoms with Gasteiger partial charge >= 0.3 is 0 Å². The number of nitrogens with zero attached hydrogens (tertiary/aromatic N) is 1. The van der Waals surface area contributed by atoms with Crippen molar-refractivity contribution >= 4 is 22.7 Å². The molecule has 0 spiro atoms. The van der Waals surface area contributed by atoms with E-state index in [1.165, 1.54) is 0 Å². The predicted octanol–water partition coefficient (Wildman–Crippen LogP) is 2.17. The molecule has 0 unspecified atom stereocenters. The van der Waals surface area contributed by atoms with Gasteiger partial charge in [0.2, 0.25) is 5.91 Å². The quantitative estimate of drug-likeness (QED) is 0.886. The number of nitrogens with one attached hydrogen (secondary N) is 2. The summed E-state index contributed by atoms with van der Waals surface area (Å²) in [5.74, 6) is 0.866. The maximum absolute atomic E-state index is 13.0. The van der Waals surface area contributed by atoms with Gasteiger partial charge in [-0.15, -0.1) is 0 Å². The van der Waals surface area contributed by atoms with Crippen LogP contribution in [-0.4, -0.2) is 54.0 Å². The fraction of sp³-hybridized carbons (Fsp3) is 0.500. The zero-order chi connectivity index (χ0) is 18.3. The summed E-state index contributed by atoms with van der Waals surface area (Å²) in [6.07, 6.45) is 1.75. The van der Waals surface area contributed by atoms with Crippen LogP contribution < -0.4 is 5.32 Å². The lowest BCUT2D eigenvalue weighted by Gasteiger charge is -2.37. The van der Waals surface area contributed by atoms with Crippen LogP contribution in [0.2, 0.25) is 0 Å². The summed E-state index contributed by atoms with van der Waals surface area (Å²) >= 11 is 0. The lowest BCUT2D eigenvalue weighted by molar-refractivity contribution is -0.121. The van der Waals surface area contributed by atoms with Crippen LogP contribution in [0.25, 0.3) is 10.9 Å². The Kier molecular flexibility index (Phi) is 4.44. The van der Waals surface area contributed by atoms with Crippen molar-refractivity contribution in [2.45, 2.75) is 31.9 Å². The van der Waals surface area contributed by atoms with Gasteiger partial charge in [0, 0.05) is 38.0 Å². The Morgan fingerprint density at radius 1 is 1.19 bits per heavy atom. The zero-order valence-corrected chi connectivity index (χ0v) is 15.2. The van der Waals surface area contributed by atoms with Crippen LogP contribution in [0.3, 0.4) is 0 Å². The first-order valence-corrected chi connectivity index (χ1v) is 9.22. The topological polar surface area (TPSA) is 74.4 Å². The van der Waals surface area contributed by atoms with Gasteiger partial charge in [-0.3, -0.25) is 9.59 Å². The van der Waals surface area contributed by atoms with Crippen molar-refractivity contribution in [3.8, 4) is 0 Å². The molecule has 1 aromatic heterocycles. The van der Waals surface area contributed by atoms with Crippen molar-refractivity contribution in [3.05, 3.63) is 36.0 Å². The highest BCUT2D eigenvalue weighted by Crippen LogP contribution is 2.38. The molecule has 2 aliphatic rings. The Balaban J connectivity index is 1.49. The van der Waals surface area contributed by atoms with Crippen LogP contribution in [0, 0.1) is 11.8 Å². The number of amides is 2. The van der Waals surface area contributed by atoms with Crippen molar-refractivity contribution in [1.29, 1.82) is 0 Å². The summed E-state index contributed by atoms with van der Waals surface area (Å²) in [5.41, 5.74) is 1.63. The number of likely N-dealkylation sites (tertiary alicyclic amines) is 1. The van der Waals surface area contributed by atoms with Gasteiger partial charge in [0.15, 0.2) is 0 Å². The number of fused-ring (bicyclic) bond motifs is 2. The van der Waals surface area contributed by atoms with E-state index in [2.05, 4.69) is 10.3 Å². The van der Waals surface area contributed by atoms with Crippen molar-refractivity contribution in [2.24, 2.45) is 11.8 Å². The van der Waals surface area contributed by atoms with Crippen LogP contribution >= 0.6 is 0 Å². The number of aromatic nitrogens is 1. The second-order valence-electron chi connectivity index (χ2n) is 7.55. The first-order chi connectivity index (χ1) is 12.5. The number of para-hydroxylation sites is 1. The Morgan fingerprint density at radius 3 is 2.62 bits per heavy atom. The fourth-order valence-corrected chi connectivity index (χ4v) is 4.61. The predicted molar refractivity (Wildman–Crippen MR) is 98.8 cm³/mol. The van der Waals surface area contributed by atoms with E-state index in [0.717, 1.165) is 36.8 Å². The zero-order valence-electron chi connectivity index (χ0n) is 15.2. The average Bonchev–Trinajstić information content (AvgIpc) is 3.23. The highest BCUT2D eigenvalue weighted by molar-refractivity contribution is 5.98. The van der Waals surface area contributed by atoms with E-state index >= 15 is 0 Å². The number of ether oxygens (including phenoxy) is 1. The monoisotopic (exact) mass is 355 g/mol. The summed E-state index contributed by atoms with van der Waals surface area (Å²) in [6.45, 7) is 3.04. The number of carbonyl (C=O) groups is 2. The van der Waals surface area contributed by atoms with Crippen molar-refractivity contribution in [1.82, 2.24) is 15.2 Å². The summed E-state index contributed by atoms with van der Waals surface area (Å²) in [7, 11) is 1.70. The van der Waals surface area contributed by atoms with Gasteiger partial charge in [0.25, 0.3) is 5.91 Å². The molecule has 6 nitrogen and oxygen atoms in total. The van der Waals surface area contributed by atoms with Crippen molar-refractivity contribution in [3.63, 3.8) is 0 Å². The minimum absolute atomic E-state index is 0.0169. The van der Waals surface area contributed by atoms with Gasteiger partial charge in [-0.05, 0) is 36.8 Å². The van der Waals surface area contributed by atoms with E-state index < -0.39 is 0 Å². The molecule has 1 saturated heterocycles. The smallest absolute Gasteiger partial charge is 0.270 e. The van der Waals surface area contributed by atoms with Gasteiger partial charge < -0.3 is 19.9 Å². The molecule has 138 valence electrons. The van der Waals surface area contributed by atoms with Crippen LogP contribution in [-0.2, 0) is 9.53 Å². The third-order valence-electron chi connectivity index (χ3n) is 5.86. The summed E-state index contributed by atoms with van der Waals surface area (Å²) < 4.78 is 5.61. The van der Waals surface area contributed by atoms with Gasteiger partial charge in [0.05, 0.1) is 12.1 Å². The van der Waals surface area contributed by atoms with E-state index in [4.69, 9.17) is 4.74 Å². The van der Waals surface area contributed by atoms with Crippen molar-refractivity contribution < 1.29 is 14.3 Å². The van der Waals surface area contributed by atoms with E-state index in [0.29, 0.717) is 17.5 Å². The Hall–Kier alpha value is -2.34. The Morgan fingerprint density at radius 2 is 1.92 bits per heavy atom. The molecular weight excluding hydrogens is 330 g/mol. The molecule has 2 amide bonds. The summed E-state index contributed by atoms with van der Waals surface area (Å²) in [5, 5.41) is 4.07. The van der Waals surface area contributed by atoms with Crippen LogP contribution in [0.5, 0.6) is 0 Å². The second kappa shape index (κ2) is 6.76. The molecule has 1 aliphatic carbocycles. The molecule has 26 heavy (non-hydrogen) atoms. The standard InChI is InChI=1S/C20H25N3O3/c1-12(24)21-17-8-14-10-23(11-15(14)9-19(17)26-2)20(25)18-7-13-5-3-4-6-16(13)22-18/h3-7,14-15,17,19,22H,8-11H2,1-2H3,(H,21,24)/t14-,15+,17-,19-/m1/s1. The van der Waals surface area contributed by atoms with Gasteiger partial charge in [-0.2, -0.15) is 0 Å². The van der Waals surface area contributed by atoms with Gasteiger partial charge in [-0.25, -0.2) is 0 Å². The maximum Gasteiger partial charge on any atom is 0.270 e. The summed E-state index contributed by atoms with van der Waals surface area (Å²) in [6, 6.07) is 9.89. The third-order valence-corrected chi connectivity index (χ3v) is 5.86. The average molecular weight is 355 g/mol. The molecule has 1 aliphatic heterocycles. The molecule has 1 saturated carbocycles. The van der Waals surface area contributed by atoms with Gasteiger partial charge in [0.1, 0.15) is 5.69 Å². The summed E-state index contributed by atoms with van der Waals surface area (Å²) in [4.78, 5) is 29.6. The van der Waals surface area contributed by atoms with Gasteiger partial charge in [-0.1, -0.05) is 18.2 Å². The Bertz CT molecular complexity index is 798. The maximum atomic E-state index is 13.0. The van der Waals surface area contributed by atoms with E-state index in [1.807, 2.05) is 35.2 Å². The van der Waals surface area contributed by atoms with Crippen LogP contribution in [0.15, 0.2) is 30.3 Å². The number of hydrogen-bond acceptors (Lipinski definition) is 3. The highest BCUT2D eigenvalue weighted by atomic mass is 16.5.